The third-order valence-electron chi connectivity index (χ3n) is 2.53. The molecular formula is C14H14O2. The Hall–Kier alpha value is -1.96. The fraction of sp³-hybridized carbons (Fsp3) is 0.143. The SMILES string of the molecule is COc1ccc(Cc2ccccc2)c(O)c1. The second-order valence-corrected chi connectivity index (χ2v) is 3.66. The quantitative estimate of drug-likeness (QED) is 0.851. The Kier molecular flexibility index (Phi) is 3.10. The average Bonchev–Trinajstić information content (AvgIpc) is 2.33. The first-order valence-corrected chi connectivity index (χ1v) is 5.19. The zero-order valence-corrected chi connectivity index (χ0v) is 9.18. The number of hydrogen-bond donors (Lipinski definition) is 1. The highest BCUT2D eigenvalue weighted by atomic mass is 16.5. The number of benzene rings is 2. The highest BCUT2D eigenvalue weighted by Crippen LogP contribution is 2.25. The van der Waals surface area contributed by atoms with E-state index >= 15 is 0 Å². The Labute approximate surface area is 95.1 Å². The molecule has 0 heterocycles. The smallest absolute Gasteiger partial charge is 0.122 e. The fourth-order valence-electron chi connectivity index (χ4n) is 1.64. The summed E-state index contributed by atoms with van der Waals surface area (Å²) in [6.45, 7) is 0. The van der Waals surface area contributed by atoms with Gasteiger partial charge in [-0.05, 0) is 17.2 Å². The fourth-order valence-corrected chi connectivity index (χ4v) is 1.64. The number of hydrogen-bond acceptors (Lipinski definition) is 2. The lowest BCUT2D eigenvalue weighted by Crippen LogP contribution is -1.90. The number of ether oxygens (including phenoxy) is 1. The second-order valence-electron chi connectivity index (χ2n) is 3.66. The van der Waals surface area contributed by atoms with Crippen LogP contribution in [-0.2, 0) is 6.42 Å². The summed E-state index contributed by atoms with van der Waals surface area (Å²) in [5.74, 6) is 0.956. The van der Waals surface area contributed by atoms with Gasteiger partial charge >= 0.3 is 0 Å². The third-order valence-corrected chi connectivity index (χ3v) is 2.53. The van der Waals surface area contributed by atoms with Crippen LogP contribution >= 0.6 is 0 Å². The van der Waals surface area contributed by atoms with Gasteiger partial charge in [0, 0.05) is 12.5 Å². The molecule has 0 saturated heterocycles. The van der Waals surface area contributed by atoms with Crippen LogP contribution in [0.3, 0.4) is 0 Å². The van der Waals surface area contributed by atoms with Crippen molar-refractivity contribution in [3.8, 4) is 11.5 Å². The summed E-state index contributed by atoms with van der Waals surface area (Å²) in [7, 11) is 1.59. The molecule has 2 aromatic carbocycles. The largest absolute Gasteiger partial charge is 0.508 e. The van der Waals surface area contributed by atoms with Crippen LogP contribution in [0, 0.1) is 0 Å². The van der Waals surface area contributed by atoms with E-state index in [0.29, 0.717) is 5.75 Å². The van der Waals surface area contributed by atoms with Gasteiger partial charge in [-0.3, -0.25) is 0 Å². The van der Waals surface area contributed by atoms with Gasteiger partial charge in [0.25, 0.3) is 0 Å². The first-order valence-electron chi connectivity index (χ1n) is 5.19. The van der Waals surface area contributed by atoms with Gasteiger partial charge in [0.1, 0.15) is 11.5 Å². The highest BCUT2D eigenvalue weighted by Gasteiger charge is 2.03. The average molecular weight is 214 g/mol. The number of methoxy groups -OCH3 is 1. The maximum Gasteiger partial charge on any atom is 0.122 e. The predicted octanol–water partition coefficient (Wildman–Crippen LogP) is 2.99. The van der Waals surface area contributed by atoms with Crippen molar-refractivity contribution in [3.63, 3.8) is 0 Å². The summed E-state index contributed by atoms with van der Waals surface area (Å²) in [5.41, 5.74) is 2.09. The molecule has 1 N–H and O–H groups in total. The maximum atomic E-state index is 9.80. The van der Waals surface area contributed by atoms with Crippen molar-refractivity contribution in [2.75, 3.05) is 7.11 Å². The van der Waals surface area contributed by atoms with E-state index in [-0.39, 0.29) is 5.75 Å². The number of rotatable bonds is 3. The summed E-state index contributed by atoms with van der Waals surface area (Å²) in [5, 5.41) is 9.80. The van der Waals surface area contributed by atoms with Crippen LogP contribution < -0.4 is 4.74 Å². The van der Waals surface area contributed by atoms with Crippen LogP contribution in [-0.4, -0.2) is 12.2 Å². The molecule has 0 aliphatic carbocycles. The molecule has 16 heavy (non-hydrogen) atoms. The van der Waals surface area contributed by atoms with E-state index in [1.54, 1.807) is 13.2 Å². The van der Waals surface area contributed by atoms with Gasteiger partial charge in [0.2, 0.25) is 0 Å². The van der Waals surface area contributed by atoms with Crippen molar-refractivity contribution in [3.05, 3.63) is 59.7 Å². The Morgan fingerprint density at radius 3 is 2.44 bits per heavy atom. The molecule has 0 aromatic heterocycles. The van der Waals surface area contributed by atoms with Gasteiger partial charge in [-0.2, -0.15) is 0 Å². The van der Waals surface area contributed by atoms with Gasteiger partial charge in [-0.25, -0.2) is 0 Å². The highest BCUT2D eigenvalue weighted by molar-refractivity contribution is 5.42. The molecule has 0 spiro atoms. The molecule has 0 aliphatic heterocycles. The zero-order chi connectivity index (χ0) is 11.4. The molecule has 2 aromatic rings. The lowest BCUT2D eigenvalue weighted by Gasteiger charge is -2.06. The minimum atomic E-state index is 0.281. The lowest BCUT2D eigenvalue weighted by molar-refractivity contribution is 0.406. The van der Waals surface area contributed by atoms with Crippen LogP contribution in [0.15, 0.2) is 48.5 Å². The van der Waals surface area contributed by atoms with Crippen LogP contribution in [0.1, 0.15) is 11.1 Å². The van der Waals surface area contributed by atoms with Gasteiger partial charge in [0.15, 0.2) is 0 Å². The normalized spacial score (nSPS) is 10.1. The molecular weight excluding hydrogens is 200 g/mol. The molecule has 0 radical (unpaired) electrons. The summed E-state index contributed by atoms with van der Waals surface area (Å²) >= 11 is 0. The Bertz CT molecular complexity index is 463. The van der Waals surface area contributed by atoms with Crippen molar-refractivity contribution in [1.82, 2.24) is 0 Å². The predicted molar refractivity (Wildman–Crippen MR) is 63.9 cm³/mol. The van der Waals surface area contributed by atoms with E-state index in [1.165, 1.54) is 5.56 Å². The summed E-state index contributed by atoms with van der Waals surface area (Å²) in [4.78, 5) is 0. The minimum Gasteiger partial charge on any atom is -0.508 e. The van der Waals surface area contributed by atoms with E-state index < -0.39 is 0 Å². The Morgan fingerprint density at radius 2 is 1.81 bits per heavy atom. The van der Waals surface area contributed by atoms with Crippen molar-refractivity contribution >= 4 is 0 Å². The topological polar surface area (TPSA) is 29.5 Å². The number of phenols is 1. The van der Waals surface area contributed by atoms with E-state index in [9.17, 15) is 5.11 Å². The lowest BCUT2D eigenvalue weighted by atomic mass is 10.0. The van der Waals surface area contributed by atoms with E-state index in [2.05, 4.69) is 0 Å². The Balaban J connectivity index is 2.22. The molecule has 82 valence electrons. The summed E-state index contributed by atoms with van der Waals surface area (Å²) in [6.07, 6.45) is 0.733. The van der Waals surface area contributed by atoms with E-state index in [0.717, 1.165) is 12.0 Å². The molecule has 0 saturated carbocycles. The summed E-state index contributed by atoms with van der Waals surface area (Å²) < 4.78 is 5.04. The first kappa shape index (κ1) is 10.6. The zero-order valence-electron chi connectivity index (χ0n) is 9.18. The summed E-state index contributed by atoms with van der Waals surface area (Å²) in [6, 6.07) is 15.5. The third kappa shape index (κ3) is 2.34. The van der Waals surface area contributed by atoms with Gasteiger partial charge < -0.3 is 9.84 Å². The standard InChI is InChI=1S/C14H14O2/c1-16-13-8-7-12(14(15)10-13)9-11-5-3-2-4-6-11/h2-8,10,15H,9H2,1H3. The molecule has 0 atom stereocenters. The van der Waals surface area contributed by atoms with Crippen LogP contribution in [0.25, 0.3) is 0 Å². The molecule has 2 nitrogen and oxygen atoms in total. The maximum absolute atomic E-state index is 9.80. The van der Waals surface area contributed by atoms with Crippen molar-refractivity contribution < 1.29 is 9.84 Å². The van der Waals surface area contributed by atoms with Crippen molar-refractivity contribution in [2.45, 2.75) is 6.42 Å². The molecule has 2 rings (SSSR count). The molecule has 2 heteroatoms. The van der Waals surface area contributed by atoms with Gasteiger partial charge in [-0.1, -0.05) is 36.4 Å². The molecule has 0 bridgehead atoms. The Morgan fingerprint density at radius 1 is 1.06 bits per heavy atom. The van der Waals surface area contributed by atoms with Gasteiger partial charge in [0.05, 0.1) is 7.11 Å². The molecule has 0 amide bonds. The molecule has 0 aliphatic rings. The first-order chi connectivity index (χ1) is 7.79. The minimum absolute atomic E-state index is 0.281. The second kappa shape index (κ2) is 4.71. The number of aromatic hydroxyl groups is 1. The van der Waals surface area contributed by atoms with E-state index in [1.807, 2.05) is 42.5 Å². The molecule has 0 fully saturated rings. The van der Waals surface area contributed by atoms with Crippen molar-refractivity contribution in [1.29, 1.82) is 0 Å². The van der Waals surface area contributed by atoms with Crippen LogP contribution in [0.2, 0.25) is 0 Å². The van der Waals surface area contributed by atoms with Crippen molar-refractivity contribution in [2.24, 2.45) is 0 Å². The number of phenolic OH excluding ortho intramolecular Hbond substituents is 1. The van der Waals surface area contributed by atoms with E-state index in [4.69, 9.17) is 4.74 Å². The monoisotopic (exact) mass is 214 g/mol. The van der Waals surface area contributed by atoms with Gasteiger partial charge in [-0.15, -0.1) is 0 Å². The molecule has 0 unspecified atom stereocenters. The van der Waals surface area contributed by atoms with Crippen LogP contribution in [0.5, 0.6) is 11.5 Å². The van der Waals surface area contributed by atoms with Crippen LogP contribution in [0.4, 0.5) is 0 Å².